The molecule has 1 unspecified atom stereocenters. The Morgan fingerprint density at radius 1 is 1.29 bits per heavy atom. The van der Waals surface area contributed by atoms with Gasteiger partial charge in [-0.3, -0.25) is 4.79 Å². The molecule has 3 atom stereocenters. The van der Waals surface area contributed by atoms with Crippen molar-refractivity contribution in [3.8, 4) is 0 Å². The average molecular weight is 362 g/mol. The second-order valence-electron chi connectivity index (χ2n) is 6.01. The maximum atomic E-state index is 12.5. The summed E-state index contributed by atoms with van der Waals surface area (Å²) in [5.74, 6) is -2.84. The van der Waals surface area contributed by atoms with Crippen molar-refractivity contribution in [1.82, 2.24) is 5.01 Å². The van der Waals surface area contributed by atoms with Crippen LogP contribution in [-0.2, 0) is 14.3 Å². The smallest absolute Gasteiger partial charge is 0.434 e. The van der Waals surface area contributed by atoms with E-state index >= 15 is 0 Å². The van der Waals surface area contributed by atoms with Crippen LogP contribution in [-0.4, -0.2) is 61.4 Å². The summed E-state index contributed by atoms with van der Waals surface area (Å²) in [6.45, 7) is 0. The third-order valence-corrected chi connectivity index (χ3v) is 3.95. The van der Waals surface area contributed by atoms with E-state index in [0.717, 1.165) is 0 Å². The largest absolute Gasteiger partial charge is 0.442 e. The monoisotopic (exact) mass is 362 g/mol. The van der Waals surface area contributed by atoms with Crippen LogP contribution in [0.15, 0.2) is 5.10 Å². The first-order valence-electron chi connectivity index (χ1n) is 7.09. The highest BCUT2D eigenvalue weighted by molar-refractivity contribution is 5.84. The first kappa shape index (κ1) is 18.8. The van der Waals surface area contributed by atoms with Crippen molar-refractivity contribution >= 4 is 12.2 Å². The summed E-state index contributed by atoms with van der Waals surface area (Å²) >= 11 is 0. The maximum absolute atomic E-state index is 12.5. The standard InChI is InChI=1S/C13H16F6N2O3/c1-21(2)20-6-11-4-3-7(24-11)5-8(11)9(22)23-10(12(14,15)16)13(17,18)19/h6-8,10H,3-5H2,1-2H3/b20-6+/t7-,8?,11-/m0/s1. The highest BCUT2D eigenvalue weighted by atomic mass is 19.4. The van der Waals surface area contributed by atoms with Crippen LogP contribution in [0.25, 0.3) is 0 Å². The van der Waals surface area contributed by atoms with Crippen molar-refractivity contribution in [2.75, 3.05) is 14.1 Å². The number of carbonyl (C=O) groups excluding carboxylic acids is 1. The molecule has 0 spiro atoms. The fourth-order valence-corrected chi connectivity index (χ4v) is 2.91. The van der Waals surface area contributed by atoms with Crippen LogP contribution in [0, 0.1) is 5.92 Å². The second kappa shape index (κ2) is 6.08. The predicted octanol–water partition coefficient (Wildman–Crippen LogP) is 2.51. The van der Waals surface area contributed by atoms with E-state index in [1.165, 1.54) is 11.2 Å². The molecule has 2 saturated heterocycles. The van der Waals surface area contributed by atoms with Gasteiger partial charge in [-0.1, -0.05) is 0 Å². The van der Waals surface area contributed by atoms with Gasteiger partial charge in [-0.15, -0.1) is 0 Å². The molecule has 0 aliphatic carbocycles. The molecule has 0 amide bonds. The van der Waals surface area contributed by atoms with Gasteiger partial charge in [0.1, 0.15) is 5.60 Å². The number of rotatable bonds is 4. The third-order valence-electron chi connectivity index (χ3n) is 3.95. The summed E-state index contributed by atoms with van der Waals surface area (Å²) in [6, 6.07) is 0. The molecule has 0 N–H and O–H groups in total. The number of hydrazone groups is 1. The van der Waals surface area contributed by atoms with E-state index in [1.54, 1.807) is 14.1 Å². The number of hydrogen-bond acceptors (Lipinski definition) is 5. The summed E-state index contributed by atoms with van der Waals surface area (Å²) in [6.07, 6.45) is -14.0. The molecule has 11 heteroatoms. The number of fused-ring (bicyclic) bond motifs is 2. The van der Waals surface area contributed by atoms with Gasteiger partial charge in [0.2, 0.25) is 0 Å². The SMILES string of the molecule is CN(C)/N=C/[C@@]12CC[C@@H](CC1C(=O)OC(C(F)(F)F)C(F)(F)F)O2. The number of esters is 1. The molecular weight excluding hydrogens is 346 g/mol. The summed E-state index contributed by atoms with van der Waals surface area (Å²) < 4.78 is 84.6. The number of halogens is 6. The summed E-state index contributed by atoms with van der Waals surface area (Å²) in [5, 5.41) is 5.29. The van der Waals surface area contributed by atoms with Crippen LogP contribution in [0.4, 0.5) is 26.3 Å². The normalized spacial score (nSPS) is 30.4. The molecule has 0 radical (unpaired) electrons. The number of alkyl halides is 6. The molecule has 0 saturated carbocycles. The Balaban J connectivity index is 2.19. The van der Waals surface area contributed by atoms with Gasteiger partial charge in [-0.2, -0.15) is 31.4 Å². The maximum Gasteiger partial charge on any atom is 0.434 e. The molecule has 2 fully saturated rings. The van der Waals surface area contributed by atoms with Gasteiger partial charge in [-0.05, 0) is 19.3 Å². The first-order valence-corrected chi connectivity index (χ1v) is 7.09. The van der Waals surface area contributed by atoms with E-state index in [0.29, 0.717) is 6.42 Å². The van der Waals surface area contributed by atoms with Crippen molar-refractivity contribution in [3.63, 3.8) is 0 Å². The van der Waals surface area contributed by atoms with Crippen molar-refractivity contribution in [2.45, 2.75) is 49.4 Å². The molecule has 2 heterocycles. The van der Waals surface area contributed by atoms with Gasteiger partial charge >= 0.3 is 18.3 Å². The van der Waals surface area contributed by atoms with E-state index in [-0.39, 0.29) is 12.8 Å². The zero-order valence-electron chi connectivity index (χ0n) is 12.8. The van der Waals surface area contributed by atoms with Gasteiger partial charge < -0.3 is 14.5 Å². The van der Waals surface area contributed by atoms with Crippen LogP contribution in [0.5, 0.6) is 0 Å². The topological polar surface area (TPSA) is 51.1 Å². The van der Waals surface area contributed by atoms with Crippen LogP contribution in [0.2, 0.25) is 0 Å². The fraction of sp³-hybridized carbons (Fsp3) is 0.846. The van der Waals surface area contributed by atoms with Crippen LogP contribution in [0.1, 0.15) is 19.3 Å². The van der Waals surface area contributed by atoms with Gasteiger partial charge in [-0.25, -0.2) is 0 Å². The lowest BCUT2D eigenvalue weighted by molar-refractivity contribution is -0.314. The summed E-state index contributed by atoms with van der Waals surface area (Å²) in [7, 11) is 3.15. The fourth-order valence-electron chi connectivity index (χ4n) is 2.91. The van der Waals surface area contributed by atoms with Crippen molar-refractivity contribution < 1.29 is 40.6 Å². The Morgan fingerprint density at radius 2 is 1.88 bits per heavy atom. The Kier molecular flexibility index (Phi) is 4.77. The quantitative estimate of drug-likeness (QED) is 0.334. The minimum absolute atomic E-state index is 0.000711. The van der Waals surface area contributed by atoms with Gasteiger partial charge in [0.15, 0.2) is 0 Å². The molecule has 2 bridgehead atoms. The second-order valence-corrected chi connectivity index (χ2v) is 6.01. The van der Waals surface area contributed by atoms with E-state index in [9.17, 15) is 31.1 Å². The Labute approximate surface area is 133 Å². The Hall–Kier alpha value is -1.52. The van der Waals surface area contributed by atoms with E-state index < -0.39 is 42.0 Å². The van der Waals surface area contributed by atoms with E-state index in [2.05, 4.69) is 9.84 Å². The minimum Gasteiger partial charge on any atom is -0.442 e. The lowest BCUT2D eigenvalue weighted by Crippen LogP contribution is -2.49. The molecule has 2 aliphatic heterocycles. The lowest BCUT2D eigenvalue weighted by atomic mass is 9.79. The van der Waals surface area contributed by atoms with Crippen LogP contribution >= 0.6 is 0 Å². The zero-order valence-corrected chi connectivity index (χ0v) is 12.8. The number of carbonyl (C=O) groups is 1. The minimum atomic E-state index is -5.74. The van der Waals surface area contributed by atoms with Gasteiger partial charge in [0.05, 0.1) is 18.2 Å². The molecule has 138 valence electrons. The molecule has 2 rings (SSSR count). The number of hydrogen-bond donors (Lipinski definition) is 0. The zero-order chi connectivity index (χ0) is 18.3. The molecule has 0 aromatic heterocycles. The van der Waals surface area contributed by atoms with E-state index in [4.69, 9.17) is 4.74 Å². The molecular formula is C13H16F6N2O3. The summed E-state index contributed by atoms with van der Waals surface area (Å²) in [4.78, 5) is 12.0. The number of nitrogens with zero attached hydrogens (tertiary/aromatic N) is 2. The van der Waals surface area contributed by atoms with Crippen molar-refractivity contribution in [1.29, 1.82) is 0 Å². The van der Waals surface area contributed by atoms with Gasteiger partial charge in [0.25, 0.3) is 6.10 Å². The van der Waals surface area contributed by atoms with Crippen LogP contribution in [0.3, 0.4) is 0 Å². The summed E-state index contributed by atoms with van der Waals surface area (Å²) in [5.41, 5.74) is -1.33. The third kappa shape index (κ3) is 3.76. The molecule has 5 nitrogen and oxygen atoms in total. The highest BCUT2D eigenvalue weighted by Gasteiger charge is 2.62. The Morgan fingerprint density at radius 3 is 2.33 bits per heavy atom. The molecule has 2 aliphatic rings. The Bertz CT molecular complexity index is 505. The molecule has 24 heavy (non-hydrogen) atoms. The average Bonchev–Trinajstić information content (AvgIpc) is 2.98. The van der Waals surface area contributed by atoms with Gasteiger partial charge in [0, 0.05) is 14.1 Å². The molecule has 0 aromatic carbocycles. The molecule has 0 aromatic rings. The number of ether oxygens (including phenoxy) is 2. The van der Waals surface area contributed by atoms with Crippen LogP contribution < -0.4 is 0 Å². The highest BCUT2D eigenvalue weighted by Crippen LogP contribution is 2.48. The van der Waals surface area contributed by atoms with Crippen molar-refractivity contribution in [2.24, 2.45) is 11.0 Å². The lowest BCUT2D eigenvalue weighted by Gasteiger charge is -2.30. The van der Waals surface area contributed by atoms with E-state index in [1.807, 2.05) is 0 Å². The first-order chi connectivity index (χ1) is 10.8. The predicted molar refractivity (Wildman–Crippen MR) is 69.1 cm³/mol. The van der Waals surface area contributed by atoms with Crippen molar-refractivity contribution in [3.05, 3.63) is 0 Å².